The fourth-order valence-electron chi connectivity index (χ4n) is 8.60. The number of ether oxygens (including phenoxy) is 1. The van der Waals surface area contributed by atoms with Crippen LogP contribution in [0.25, 0.3) is 0 Å². The molecule has 3 heterocycles. The Bertz CT molecular complexity index is 1700. The van der Waals surface area contributed by atoms with Crippen molar-refractivity contribution in [2.24, 2.45) is 5.41 Å². The van der Waals surface area contributed by atoms with Gasteiger partial charge in [0.05, 0.1) is 12.5 Å². The number of carbonyl (C=O) groups is 2. The van der Waals surface area contributed by atoms with Gasteiger partial charge in [-0.15, -0.1) is 0 Å². The first-order valence-corrected chi connectivity index (χ1v) is 14.1. The zero-order valence-corrected chi connectivity index (χ0v) is 22.4. The minimum absolute atomic E-state index is 0.0330. The zero-order valence-electron chi connectivity index (χ0n) is 22.4. The van der Waals surface area contributed by atoms with Crippen molar-refractivity contribution in [3.63, 3.8) is 0 Å². The van der Waals surface area contributed by atoms with Gasteiger partial charge in [0.1, 0.15) is 11.3 Å². The van der Waals surface area contributed by atoms with Crippen LogP contribution >= 0.6 is 0 Å². The molecule has 3 aliphatic heterocycles. The van der Waals surface area contributed by atoms with E-state index in [1.807, 2.05) is 48.5 Å². The molecule has 5 nitrogen and oxygen atoms in total. The van der Waals surface area contributed by atoms with Gasteiger partial charge in [0.2, 0.25) is 0 Å². The number of benzene rings is 4. The summed E-state index contributed by atoms with van der Waals surface area (Å²) in [6, 6.07) is 32.7. The van der Waals surface area contributed by atoms with E-state index < -0.39 is 11.0 Å². The van der Waals surface area contributed by atoms with Crippen molar-refractivity contribution < 1.29 is 14.3 Å². The summed E-state index contributed by atoms with van der Waals surface area (Å²) in [7, 11) is 1.67. The van der Waals surface area contributed by atoms with Crippen molar-refractivity contribution in [1.82, 2.24) is 4.90 Å². The van der Waals surface area contributed by atoms with Gasteiger partial charge in [0.25, 0.3) is 5.91 Å². The van der Waals surface area contributed by atoms with Crippen LogP contribution in [0.15, 0.2) is 97.1 Å². The molecule has 0 bridgehead atoms. The Morgan fingerprint density at radius 2 is 1.52 bits per heavy atom. The average Bonchev–Trinajstić information content (AvgIpc) is 3.44. The third-order valence-corrected chi connectivity index (χ3v) is 10.1. The number of nitrogens with zero attached hydrogens (tertiary/aromatic N) is 1. The molecule has 4 atom stereocenters. The topological polar surface area (TPSA) is 58.6 Å². The number of aryl methyl sites for hydroxylation is 1. The van der Waals surface area contributed by atoms with Crippen LogP contribution in [0, 0.1) is 5.41 Å². The van der Waals surface area contributed by atoms with Gasteiger partial charge in [-0.3, -0.25) is 14.5 Å². The van der Waals surface area contributed by atoms with Crippen molar-refractivity contribution in [2.45, 2.75) is 43.3 Å². The number of hydrogen-bond donors (Lipinski definition) is 1. The third-order valence-electron chi connectivity index (χ3n) is 10.1. The molecule has 0 aromatic heterocycles. The highest BCUT2D eigenvalue weighted by molar-refractivity contribution is 6.15. The standard InChI is InChI=1S/C35H30N2O3/c1-40-26-16-14-23(15-17-26)31-30-20-24-9-2-3-10-25(24)21-37(30)35(28-12-6-7-13-29(28)36-33(35)39)34(31)19-18-22-8-4-5-11-27(22)32(34)38/h2-17,30-31H,18-21H2,1H3,(H,36,39)/t30-,31-,34-,35-/m0/s1. The van der Waals surface area contributed by atoms with E-state index in [4.69, 9.17) is 4.74 Å². The van der Waals surface area contributed by atoms with Gasteiger partial charge in [-0.25, -0.2) is 0 Å². The van der Waals surface area contributed by atoms with Crippen LogP contribution < -0.4 is 10.1 Å². The first kappa shape index (κ1) is 23.6. The predicted octanol–water partition coefficient (Wildman–Crippen LogP) is 5.88. The molecule has 4 aromatic carbocycles. The minimum Gasteiger partial charge on any atom is -0.497 e. The zero-order chi connectivity index (χ0) is 27.1. The molecule has 198 valence electrons. The fraction of sp³-hybridized carbons (Fsp3) is 0.257. The van der Waals surface area contributed by atoms with Gasteiger partial charge in [0.15, 0.2) is 5.78 Å². The molecule has 8 rings (SSSR count). The molecular formula is C35H30N2O3. The van der Waals surface area contributed by atoms with Gasteiger partial charge in [-0.2, -0.15) is 0 Å². The summed E-state index contributed by atoms with van der Waals surface area (Å²) < 4.78 is 5.50. The summed E-state index contributed by atoms with van der Waals surface area (Å²) in [6.07, 6.45) is 2.13. The Kier molecular flexibility index (Phi) is 4.96. The van der Waals surface area contributed by atoms with E-state index >= 15 is 4.79 Å². The van der Waals surface area contributed by atoms with Gasteiger partial charge in [-0.1, -0.05) is 78.9 Å². The van der Waals surface area contributed by atoms with Crippen LogP contribution in [-0.2, 0) is 29.7 Å². The van der Waals surface area contributed by atoms with E-state index in [1.165, 1.54) is 11.1 Å². The molecule has 4 aromatic rings. The van der Waals surface area contributed by atoms with Crippen molar-refractivity contribution in [3.05, 3.63) is 130 Å². The number of carbonyl (C=O) groups excluding carboxylic acids is 2. The van der Waals surface area contributed by atoms with Crippen LogP contribution in [-0.4, -0.2) is 29.7 Å². The second-order valence-electron chi connectivity index (χ2n) is 11.6. The molecule has 1 saturated heterocycles. The quantitative estimate of drug-likeness (QED) is 0.354. The summed E-state index contributed by atoms with van der Waals surface area (Å²) >= 11 is 0. The number of rotatable bonds is 2. The van der Waals surface area contributed by atoms with E-state index in [0.29, 0.717) is 13.0 Å². The lowest BCUT2D eigenvalue weighted by Crippen LogP contribution is -2.61. The number of nitrogens with one attached hydrogen (secondary N) is 1. The lowest BCUT2D eigenvalue weighted by atomic mass is 9.53. The molecule has 40 heavy (non-hydrogen) atoms. The third kappa shape index (κ3) is 2.80. The number of para-hydroxylation sites is 1. The second-order valence-corrected chi connectivity index (χ2v) is 11.6. The molecule has 0 saturated carbocycles. The normalized spacial score (nSPS) is 28.1. The molecule has 1 aliphatic carbocycles. The smallest absolute Gasteiger partial charge is 0.250 e. The van der Waals surface area contributed by atoms with Crippen LogP contribution in [0.4, 0.5) is 5.69 Å². The van der Waals surface area contributed by atoms with Crippen LogP contribution in [0.1, 0.15) is 50.5 Å². The molecular weight excluding hydrogens is 496 g/mol. The van der Waals surface area contributed by atoms with Crippen molar-refractivity contribution in [2.75, 3.05) is 12.4 Å². The highest BCUT2D eigenvalue weighted by Crippen LogP contribution is 2.69. The molecule has 2 spiro atoms. The molecule has 1 N–H and O–H groups in total. The summed E-state index contributed by atoms with van der Waals surface area (Å²) in [4.78, 5) is 32.4. The molecule has 1 fully saturated rings. The van der Waals surface area contributed by atoms with E-state index in [1.54, 1.807) is 7.11 Å². The highest BCUT2D eigenvalue weighted by Gasteiger charge is 2.77. The molecule has 5 heteroatoms. The van der Waals surface area contributed by atoms with E-state index in [9.17, 15) is 4.79 Å². The summed E-state index contributed by atoms with van der Waals surface area (Å²) in [6.45, 7) is 0.617. The number of fused-ring (bicyclic) bond motifs is 7. The summed E-state index contributed by atoms with van der Waals surface area (Å²) in [5.41, 5.74) is 5.05. The predicted molar refractivity (Wildman–Crippen MR) is 153 cm³/mol. The fourth-order valence-corrected chi connectivity index (χ4v) is 8.60. The average molecular weight is 527 g/mol. The van der Waals surface area contributed by atoms with Crippen LogP contribution in [0.5, 0.6) is 5.75 Å². The van der Waals surface area contributed by atoms with Gasteiger partial charge >= 0.3 is 0 Å². The van der Waals surface area contributed by atoms with Crippen LogP contribution in [0.3, 0.4) is 0 Å². The number of Topliss-reactive ketones (excluding diaryl/α,β-unsaturated/α-hetero) is 1. The van der Waals surface area contributed by atoms with Gasteiger partial charge in [0, 0.05) is 35.3 Å². The van der Waals surface area contributed by atoms with E-state index in [2.05, 4.69) is 58.7 Å². The van der Waals surface area contributed by atoms with Crippen molar-refractivity contribution in [1.29, 1.82) is 0 Å². The first-order valence-electron chi connectivity index (χ1n) is 14.1. The number of hydrogen-bond acceptors (Lipinski definition) is 4. The maximum absolute atomic E-state index is 15.2. The van der Waals surface area contributed by atoms with Gasteiger partial charge < -0.3 is 10.1 Å². The maximum Gasteiger partial charge on any atom is 0.250 e. The summed E-state index contributed by atoms with van der Waals surface area (Å²) in [5, 5.41) is 3.24. The van der Waals surface area contributed by atoms with Crippen molar-refractivity contribution in [3.8, 4) is 5.75 Å². The SMILES string of the molecule is COc1ccc([C@H]2[C@@H]3Cc4ccccc4CN3[C@@]3(C(=O)Nc4ccccc43)[C@@]23CCc2ccccc2C3=O)cc1. The molecule has 0 unspecified atom stereocenters. The number of methoxy groups -OCH3 is 1. The maximum atomic E-state index is 15.2. The number of amides is 1. The first-order chi connectivity index (χ1) is 19.6. The Morgan fingerprint density at radius 3 is 2.33 bits per heavy atom. The monoisotopic (exact) mass is 526 g/mol. The minimum atomic E-state index is -1.13. The summed E-state index contributed by atoms with van der Waals surface area (Å²) in [5.74, 6) is 0.590. The molecule has 1 amide bonds. The van der Waals surface area contributed by atoms with E-state index in [-0.39, 0.29) is 23.7 Å². The highest BCUT2D eigenvalue weighted by atomic mass is 16.5. The number of anilines is 1. The van der Waals surface area contributed by atoms with E-state index in [0.717, 1.165) is 46.5 Å². The lowest BCUT2D eigenvalue weighted by molar-refractivity contribution is -0.133. The van der Waals surface area contributed by atoms with Gasteiger partial charge in [-0.05, 0) is 59.7 Å². The second kappa shape index (κ2) is 8.39. The Balaban J connectivity index is 1.47. The van der Waals surface area contributed by atoms with Crippen LogP contribution in [0.2, 0.25) is 0 Å². The Hall–Kier alpha value is -4.22. The molecule has 0 radical (unpaired) electrons. The van der Waals surface area contributed by atoms with Crippen molar-refractivity contribution >= 4 is 17.4 Å². The molecule has 4 aliphatic rings. The largest absolute Gasteiger partial charge is 0.497 e. The number of ketones is 1. The Labute approximate surface area is 233 Å². The Morgan fingerprint density at radius 1 is 0.825 bits per heavy atom. The lowest BCUT2D eigenvalue weighted by Gasteiger charge is -2.49.